The topological polar surface area (TPSA) is 19.0 Å². The van der Waals surface area contributed by atoms with Crippen LogP contribution in [0.25, 0.3) is 0 Å². The molecule has 1 aromatic rings. The van der Waals surface area contributed by atoms with Crippen molar-refractivity contribution >= 4 is 11.6 Å². The van der Waals surface area contributed by atoms with Gasteiger partial charge in [0.05, 0.1) is 0 Å². The predicted octanol–water partition coefficient (Wildman–Crippen LogP) is 1.69. The van der Waals surface area contributed by atoms with Crippen LogP contribution in [0.3, 0.4) is 0 Å². The molecule has 1 rings (SSSR count). The van der Waals surface area contributed by atoms with Crippen LogP contribution in [0.4, 0.5) is 0 Å². The number of hydrogen-bond acceptors (Lipinski definition) is 1. The number of nitrogens with zero attached hydrogens (tertiary/aromatic N) is 1. The Kier molecular flexibility index (Phi) is 3.46. The molecule has 0 aliphatic carbocycles. The Hall–Kier alpha value is -0.470. The van der Waals surface area contributed by atoms with E-state index in [1.54, 1.807) is 0 Å². The summed E-state index contributed by atoms with van der Waals surface area (Å²) in [7, 11) is 2.06. The summed E-state index contributed by atoms with van der Waals surface area (Å²) in [6.07, 6.45) is 1.93. The number of aromatic nitrogens is 1. The molecule has 0 bridgehead atoms. The van der Waals surface area contributed by atoms with E-state index in [2.05, 4.69) is 23.0 Å². The van der Waals surface area contributed by atoms with Crippen LogP contribution in [-0.2, 0) is 6.54 Å². The van der Waals surface area contributed by atoms with Crippen molar-refractivity contribution < 1.29 is 0 Å². The van der Waals surface area contributed by atoms with E-state index in [-0.39, 0.29) is 0 Å². The molecule has 0 aliphatic heterocycles. The largest absolute Gasteiger partial charge is 0.364 e. The van der Waals surface area contributed by atoms with Crippen LogP contribution >= 0.6 is 11.6 Å². The van der Waals surface area contributed by atoms with Crippen molar-refractivity contribution in [3.8, 4) is 0 Å². The fourth-order valence-electron chi connectivity index (χ4n) is 0.980. The van der Waals surface area contributed by atoms with Gasteiger partial charge in [0, 0.05) is 30.9 Å². The Morgan fingerprint density at radius 1 is 1.64 bits per heavy atom. The highest BCUT2D eigenvalue weighted by Crippen LogP contribution is 1.98. The summed E-state index contributed by atoms with van der Waals surface area (Å²) in [6, 6.07) is 4.08. The molecule has 1 heterocycles. The zero-order chi connectivity index (χ0) is 8.10. The number of aromatic amines is 1. The van der Waals surface area contributed by atoms with Crippen molar-refractivity contribution in [3.63, 3.8) is 0 Å². The fourth-order valence-corrected chi connectivity index (χ4v) is 1.27. The molecule has 0 unspecified atom stereocenters. The zero-order valence-corrected chi connectivity index (χ0v) is 7.43. The minimum absolute atomic E-state index is 0.692. The third-order valence-corrected chi connectivity index (χ3v) is 1.74. The minimum Gasteiger partial charge on any atom is -0.364 e. The van der Waals surface area contributed by atoms with E-state index in [1.807, 2.05) is 12.3 Å². The molecular weight excluding hydrogens is 160 g/mol. The average Bonchev–Trinajstić information content (AvgIpc) is 2.40. The molecule has 1 N–H and O–H groups in total. The summed E-state index contributed by atoms with van der Waals surface area (Å²) < 4.78 is 0. The third kappa shape index (κ3) is 2.95. The van der Waals surface area contributed by atoms with Gasteiger partial charge in [-0.3, -0.25) is 4.90 Å². The molecule has 2 nitrogen and oxygen atoms in total. The van der Waals surface area contributed by atoms with Crippen molar-refractivity contribution in [2.45, 2.75) is 6.54 Å². The standard InChI is InChI=1S/C8H13ClN2/c1-11(6-4-9)7-8-3-2-5-10-8/h2-3,5,10H,4,6-7H2,1H3. The third-order valence-electron chi connectivity index (χ3n) is 1.57. The fraction of sp³-hybridized carbons (Fsp3) is 0.500. The average molecular weight is 173 g/mol. The van der Waals surface area contributed by atoms with Gasteiger partial charge in [-0.15, -0.1) is 11.6 Å². The normalized spacial score (nSPS) is 10.8. The molecule has 0 amide bonds. The van der Waals surface area contributed by atoms with Gasteiger partial charge in [-0.2, -0.15) is 0 Å². The van der Waals surface area contributed by atoms with E-state index in [1.165, 1.54) is 5.69 Å². The Bertz CT molecular complexity index is 184. The van der Waals surface area contributed by atoms with E-state index < -0.39 is 0 Å². The van der Waals surface area contributed by atoms with Crippen LogP contribution in [0.15, 0.2) is 18.3 Å². The van der Waals surface area contributed by atoms with E-state index >= 15 is 0 Å². The van der Waals surface area contributed by atoms with Crippen molar-refractivity contribution in [1.29, 1.82) is 0 Å². The van der Waals surface area contributed by atoms with Crippen LogP contribution in [0.5, 0.6) is 0 Å². The predicted molar refractivity (Wildman–Crippen MR) is 47.8 cm³/mol. The molecule has 3 heteroatoms. The number of alkyl halides is 1. The number of H-pyrrole nitrogens is 1. The summed E-state index contributed by atoms with van der Waals surface area (Å²) in [6.45, 7) is 1.88. The highest BCUT2D eigenvalue weighted by atomic mass is 35.5. The molecule has 0 fully saturated rings. The number of halogens is 1. The highest BCUT2D eigenvalue weighted by Gasteiger charge is 1.98. The first-order valence-electron chi connectivity index (χ1n) is 3.69. The molecular formula is C8H13ClN2. The number of rotatable bonds is 4. The molecule has 0 spiro atoms. The van der Waals surface area contributed by atoms with Crippen molar-refractivity contribution in [2.24, 2.45) is 0 Å². The lowest BCUT2D eigenvalue weighted by atomic mass is 10.4. The maximum absolute atomic E-state index is 5.58. The number of hydrogen-bond donors (Lipinski definition) is 1. The summed E-state index contributed by atoms with van der Waals surface area (Å²) in [4.78, 5) is 5.32. The lowest BCUT2D eigenvalue weighted by molar-refractivity contribution is 0.344. The summed E-state index contributed by atoms with van der Waals surface area (Å²) in [5, 5.41) is 0. The Morgan fingerprint density at radius 3 is 3.00 bits per heavy atom. The van der Waals surface area contributed by atoms with Gasteiger partial charge in [0.25, 0.3) is 0 Å². The van der Waals surface area contributed by atoms with Gasteiger partial charge >= 0.3 is 0 Å². The summed E-state index contributed by atoms with van der Waals surface area (Å²) >= 11 is 5.58. The lowest BCUT2D eigenvalue weighted by Gasteiger charge is -2.12. The molecule has 0 atom stereocenters. The SMILES string of the molecule is CN(CCCl)Cc1ccc[nH]1. The summed E-state index contributed by atoms with van der Waals surface area (Å²) in [5.74, 6) is 0.692. The molecule has 0 radical (unpaired) electrons. The van der Waals surface area contributed by atoms with Crippen molar-refractivity contribution in [1.82, 2.24) is 9.88 Å². The van der Waals surface area contributed by atoms with E-state index in [0.717, 1.165) is 13.1 Å². The molecule has 11 heavy (non-hydrogen) atoms. The quantitative estimate of drug-likeness (QED) is 0.685. The first kappa shape index (κ1) is 8.62. The van der Waals surface area contributed by atoms with Crippen molar-refractivity contribution in [3.05, 3.63) is 24.0 Å². The second-order valence-electron chi connectivity index (χ2n) is 2.62. The van der Waals surface area contributed by atoms with E-state index in [0.29, 0.717) is 5.88 Å². The highest BCUT2D eigenvalue weighted by molar-refractivity contribution is 6.18. The second-order valence-corrected chi connectivity index (χ2v) is 3.00. The molecule has 0 saturated carbocycles. The van der Waals surface area contributed by atoms with Gasteiger partial charge in [-0.05, 0) is 19.2 Å². The Morgan fingerprint density at radius 2 is 2.45 bits per heavy atom. The van der Waals surface area contributed by atoms with Gasteiger partial charge in [0.2, 0.25) is 0 Å². The zero-order valence-electron chi connectivity index (χ0n) is 6.68. The van der Waals surface area contributed by atoms with Crippen LogP contribution in [-0.4, -0.2) is 29.4 Å². The van der Waals surface area contributed by atoms with Crippen LogP contribution < -0.4 is 0 Å². The maximum atomic E-state index is 5.58. The van der Waals surface area contributed by atoms with Gasteiger partial charge in [0.15, 0.2) is 0 Å². The van der Waals surface area contributed by atoms with Crippen molar-refractivity contribution in [2.75, 3.05) is 19.5 Å². The summed E-state index contributed by atoms with van der Waals surface area (Å²) in [5.41, 5.74) is 1.23. The van der Waals surface area contributed by atoms with Crippen LogP contribution in [0.2, 0.25) is 0 Å². The minimum atomic E-state index is 0.692. The smallest absolute Gasteiger partial charge is 0.0382 e. The van der Waals surface area contributed by atoms with Crippen LogP contribution in [0, 0.1) is 0 Å². The molecule has 62 valence electrons. The maximum Gasteiger partial charge on any atom is 0.0382 e. The molecule has 0 saturated heterocycles. The first-order valence-corrected chi connectivity index (χ1v) is 4.23. The van der Waals surface area contributed by atoms with Crippen LogP contribution in [0.1, 0.15) is 5.69 Å². The lowest BCUT2D eigenvalue weighted by Crippen LogP contribution is -2.20. The van der Waals surface area contributed by atoms with Gasteiger partial charge in [-0.1, -0.05) is 0 Å². The Balaban J connectivity index is 2.31. The second kappa shape index (κ2) is 4.42. The van der Waals surface area contributed by atoms with E-state index in [4.69, 9.17) is 11.6 Å². The molecule has 1 aromatic heterocycles. The van der Waals surface area contributed by atoms with Gasteiger partial charge < -0.3 is 4.98 Å². The van der Waals surface area contributed by atoms with E-state index in [9.17, 15) is 0 Å². The van der Waals surface area contributed by atoms with Gasteiger partial charge in [-0.25, -0.2) is 0 Å². The monoisotopic (exact) mass is 172 g/mol. The van der Waals surface area contributed by atoms with Gasteiger partial charge in [0.1, 0.15) is 0 Å². The Labute approximate surface area is 72.2 Å². The molecule has 0 aliphatic rings. The molecule has 0 aromatic carbocycles. The number of nitrogens with one attached hydrogen (secondary N) is 1. The first-order chi connectivity index (χ1) is 5.33.